The Labute approximate surface area is 58.4 Å². The van der Waals surface area contributed by atoms with Crippen molar-refractivity contribution in [3.8, 4) is 0 Å². The predicted octanol–water partition coefficient (Wildman–Crippen LogP) is 1.66. The lowest BCUT2D eigenvalue weighted by molar-refractivity contribution is -0.118. The van der Waals surface area contributed by atoms with Crippen LogP contribution in [0.4, 0.5) is 8.78 Å². The molecule has 10 heavy (non-hydrogen) atoms. The molecule has 0 aromatic heterocycles. The van der Waals surface area contributed by atoms with E-state index in [1.807, 2.05) is 0 Å². The largest absolute Gasteiger partial charge is 0.300 e. The first-order valence-corrected chi connectivity index (χ1v) is 3.36. The number of ketones is 1. The van der Waals surface area contributed by atoms with E-state index in [-0.39, 0.29) is 12.2 Å². The zero-order valence-corrected chi connectivity index (χ0v) is 5.70. The highest BCUT2D eigenvalue weighted by Crippen LogP contribution is 2.36. The Morgan fingerprint density at radius 2 is 2.00 bits per heavy atom. The van der Waals surface area contributed by atoms with Gasteiger partial charge in [0.15, 0.2) is 0 Å². The molecular weight excluding hydrogens is 138 g/mol. The van der Waals surface area contributed by atoms with Gasteiger partial charge in [0.25, 0.3) is 0 Å². The van der Waals surface area contributed by atoms with Crippen molar-refractivity contribution in [2.45, 2.75) is 19.3 Å². The molecule has 1 aliphatic carbocycles. The van der Waals surface area contributed by atoms with Crippen LogP contribution in [0, 0.1) is 5.41 Å². The number of rotatable bonds is 2. The minimum Gasteiger partial charge on any atom is -0.300 e. The van der Waals surface area contributed by atoms with Gasteiger partial charge < -0.3 is 0 Å². The van der Waals surface area contributed by atoms with Crippen LogP contribution in [0.5, 0.6) is 0 Å². The van der Waals surface area contributed by atoms with Gasteiger partial charge in [-0.1, -0.05) is 0 Å². The first kappa shape index (κ1) is 7.63. The zero-order chi connectivity index (χ0) is 7.61. The molecule has 0 aliphatic heterocycles. The van der Waals surface area contributed by atoms with E-state index < -0.39 is 18.8 Å². The van der Waals surface area contributed by atoms with Crippen LogP contribution in [-0.2, 0) is 4.79 Å². The van der Waals surface area contributed by atoms with Crippen LogP contribution in [0.3, 0.4) is 0 Å². The van der Waals surface area contributed by atoms with Gasteiger partial charge in [-0.3, -0.25) is 13.6 Å². The van der Waals surface area contributed by atoms with Gasteiger partial charge in [-0.15, -0.1) is 0 Å². The average molecular weight is 148 g/mol. The predicted molar refractivity (Wildman–Crippen MR) is 33.2 cm³/mol. The van der Waals surface area contributed by atoms with Crippen molar-refractivity contribution in [1.82, 2.24) is 0 Å². The summed E-state index contributed by atoms with van der Waals surface area (Å²) in [6.45, 7) is -1.40. The summed E-state index contributed by atoms with van der Waals surface area (Å²) >= 11 is 0. The lowest BCUT2D eigenvalue weighted by Gasteiger charge is -2.18. The molecule has 1 saturated carbocycles. The molecule has 0 unspecified atom stereocenters. The second-order valence-corrected chi connectivity index (χ2v) is 2.98. The molecule has 1 rings (SSSR count). The van der Waals surface area contributed by atoms with Gasteiger partial charge in [0, 0.05) is 18.3 Å². The minimum atomic E-state index is -0.933. The Hall–Kier alpha value is -0.470. The molecule has 58 valence electrons. The third-order valence-corrected chi connectivity index (χ3v) is 2.07. The van der Waals surface area contributed by atoms with Crippen molar-refractivity contribution in [3.05, 3.63) is 0 Å². The minimum absolute atomic E-state index is 0.00435. The van der Waals surface area contributed by atoms with Crippen molar-refractivity contribution < 1.29 is 13.6 Å². The number of alkyl halides is 2. The van der Waals surface area contributed by atoms with Crippen LogP contribution < -0.4 is 0 Å². The monoisotopic (exact) mass is 148 g/mol. The van der Waals surface area contributed by atoms with Crippen molar-refractivity contribution in [3.63, 3.8) is 0 Å². The molecular formula is C7H10F2O. The quantitative estimate of drug-likeness (QED) is 0.582. The highest BCUT2D eigenvalue weighted by Gasteiger charge is 2.38. The third-order valence-electron chi connectivity index (χ3n) is 2.07. The molecule has 0 saturated heterocycles. The van der Waals surface area contributed by atoms with E-state index in [2.05, 4.69) is 0 Å². The molecule has 0 aromatic carbocycles. The number of hydrogen-bond donors (Lipinski definition) is 0. The number of Topliss-reactive ketones (excluding diaryl/α,β-unsaturated/α-hetero) is 1. The van der Waals surface area contributed by atoms with Crippen LogP contribution in [0.1, 0.15) is 19.3 Å². The molecule has 0 atom stereocenters. The van der Waals surface area contributed by atoms with Crippen molar-refractivity contribution >= 4 is 5.78 Å². The molecule has 1 nitrogen and oxygen atoms in total. The molecule has 0 aromatic rings. The number of hydrogen-bond acceptors (Lipinski definition) is 1. The molecule has 1 aliphatic rings. The third kappa shape index (κ3) is 1.18. The first-order valence-electron chi connectivity index (χ1n) is 3.36. The van der Waals surface area contributed by atoms with Crippen molar-refractivity contribution in [1.29, 1.82) is 0 Å². The summed E-state index contributed by atoms with van der Waals surface area (Å²) in [5.41, 5.74) is -0.933. The van der Waals surface area contributed by atoms with Gasteiger partial charge in [-0.05, 0) is 6.42 Å². The summed E-state index contributed by atoms with van der Waals surface area (Å²) in [6.07, 6.45) is 0.840. The van der Waals surface area contributed by atoms with E-state index in [4.69, 9.17) is 0 Å². The molecule has 1 fully saturated rings. The summed E-state index contributed by atoms with van der Waals surface area (Å²) in [4.78, 5) is 10.6. The van der Waals surface area contributed by atoms with Crippen molar-refractivity contribution in [2.75, 3.05) is 13.3 Å². The lowest BCUT2D eigenvalue weighted by Crippen LogP contribution is -2.22. The Balaban J connectivity index is 2.59. The second kappa shape index (κ2) is 2.64. The molecule has 0 heterocycles. The fraction of sp³-hybridized carbons (Fsp3) is 0.857. The maximum atomic E-state index is 12.1. The maximum Gasteiger partial charge on any atom is 0.133 e. The van der Waals surface area contributed by atoms with Gasteiger partial charge in [0.05, 0.1) is 13.3 Å². The summed E-state index contributed by atoms with van der Waals surface area (Å²) in [5, 5.41) is 0. The Kier molecular flexibility index (Phi) is 2.02. The molecule has 0 radical (unpaired) electrons. The fourth-order valence-corrected chi connectivity index (χ4v) is 1.26. The summed E-state index contributed by atoms with van der Waals surface area (Å²) in [5.74, 6) is -0.00435. The van der Waals surface area contributed by atoms with Crippen LogP contribution in [0.15, 0.2) is 0 Å². The Bertz CT molecular complexity index is 141. The topological polar surface area (TPSA) is 17.1 Å². The number of halogens is 2. The second-order valence-electron chi connectivity index (χ2n) is 2.98. The van der Waals surface area contributed by atoms with Gasteiger partial charge >= 0.3 is 0 Å². The summed E-state index contributed by atoms with van der Waals surface area (Å²) in [6, 6.07) is 0. The Morgan fingerprint density at radius 3 is 2.20 bits per heavy atom. The van der Waals surface area contributed by atoms with Gasteiger partial charge in [0.2, 0.25) is 0 Å². The standard InChI is InChI=1S/C7H10F2O/c8-4-7(5-9)2-1-6(10)3-7/h1-5H2. The van der Waals surface area contributed by atoms with Crippen LogP contribution >= 0.6 is 0 Å². The average Bonchev–Trinajstić information content (AvgIpc) is 2.33. The van der Waals surface area contributed by atoms with Crippen LogP contribution in [0.25, 0.3) is 0 Å². The van der Waals surface area contributed by atoms with Crippen molar-refractivity contribution in [2.24, 2.45) is 5.41 Å². The summed E-state index contributed by atoms with van der Waals surface area (Å²) < 4.78 is 24.3. The normalized spacial score (nSPS) is 23.6. The molecule has 3 heteroatoms. The first-order chi connectivity index (χ1) is 4.72. The van der Waals surface area contributed by atoms with E-state index in [1.165, 1.54) is 0 Å². The molecule has 0 spiro atoms. The number of carbonyl (C=O) groups excluding carboxylic acids is 1. The lowest BCUT2D eigenvalue weighted by atomic mass is 9.90. The van der Waals surface area contributed by atoms with E-state index in [9.17, 15) is 13.6 Å². The van der Waals surface area contributed by atoms with Gasteiger partial charge in [-0.25, -0.2) is 0 Å². The summed E-state index contributed by atoms with van der Waals surface area (Å²) in [7, 11) is 0. The SMILES string of the molecule is O=C1CCC(CF)(CF)C1. The maximum absolute atomic E-state index is 12.1. The van der Waals surface area contributed by atoms with Gasteiger partial charge in [-0.2, -0.15) is 0 Å². The Morgan fingerprint density at radius 1 is 1.40 bits per heavy atom. The molecule has 0 bridgehead atoms. The van der Waals surface area contributed by atoms with E-state index >= 15 is 0 Å². The molecule has 0 amide bonds. The van der Waals surface area contributed by atoms with Crippen LogP contribution in [0.2, 0.25) is 0 Å². The number of carbonyl (C=O) groups is 1. The smallest absolute Gasteiger partial charge is 0.133 e. The van der Waals surface area contributed by atoms with Crippen LogP contribution in [-0.4, -0.2) is 19.1 Å². The highest BCUT2D eigenvalue weighted by molar-refractivity contribution is 5.81. The molecule has 0 N–H and O–H groups in total. The van der Waals surface area contributed by atoms with E-state index in [0.717, 1.165) is 0 Å². The van der Waals surface area contributed by atoms with E-state index in [1.54, 1.807) is 0 Å². The highest BCUT2D eigenvalue weighted by atomic mass is 19.1. The van der Waals surface area contributed by atoms with Gasteiger partial charge in [0.1, 0.15) is 5.78 Å². The van der Waals surface area contributed by atoms with E-state index in [0.29, 0.717) is 12.8 Å². The zero-order valence-electron chi connectivity index (χ0n) is 5.70. The fourth-order valence-electron chi connectivity index (χ4n) is 1.26.